The van der Waals surface area contributed by atoms with Crippen molar-refractivity contribution in [3.63, 3.8) is 0 Å². The number of hydrogen-bond donors (Lipinski definition) is 2. The topological polar surface area (TPSA) is 63.2 Å². The van der Waals surface area contributed by atoms with Crippen LogP contribution in [-0.4, -0.2) is 23.1 Å². The van der Waals surface area contributed by atoms with Gasteiger partial charge in [-0.05, 0) is 48.1 Å². The number of nitrogens with zero attached hydrogens (tertiary/aromatic N) is 1. The minimum Gasteiger partial charge on any atom is -0.497 e. The van der Waals surface area contributed by atoms with Gasteiger partial charge < -0.3 is 10.1 Å². The van der Waals surface area contributed by atoms with Crippen LogP contribution in [0.4, 0.5) is 0 Å². The number of thiocarbonyl (C=S) groups is 1. The van der Waals surface area contributed by atoms with Crippen LogP contribution in [0.5, 0.6) is 5.75 Å². The molecule has 0 bridgehead atoms. The quantitative estimate of drug-likeness (QED) is 0.845. The predicted molar refractivity (Wildman–Crippen MR) is 84.1 cm³/mol. The Hall–Kier alpha value is -2.47. The third kappa shape index (κ3) is 4.54. The molecule has 1 amide bonds. The third-order valence-electron chi connectivity index (χ3n) is 2.76. The Balaban J connectivity index is 1.85. The van der Waals surface area contributed by atoms with Crippen molar-refractivity contribution < 1.29 is 9.53 Å². The fourth-order valence-corrected chi connectivity index (χ4v) is 1.81. The maximum atomic E-state index is 12.0. The average molecular weight is 301 g/mol. The molecule has 21 heavy (non-hydrogen) atoms. The fourth-order valence-electron chi connectivity index (χ4n) is 1.65. The summed E-state index contributed by atoms with van der Waals surface area (Å²) < 4.78 is 5.04. The summed E-state index contributed by atoms with van der Waals surface area (Å²) in [4.78, 5) is 16.0. The van der Waals surface area contributed by atoms with Gasteiger partial charge in [0.15, 0.2) is 5.11 Å². The van der Waals surface area contributed by atoms with Gasteiger partial charge in [-0.3, -0.25) is 15.1 Å². The molecular formula is C15H15N3O2S. The maximum Gasteiger partial charge on any atom is 0.257 e. The van der Waals surface area contributed by atoms with Crippen molar-refractivity contribution in [3.05, 3.63) is 59.9 Å². The highest BCUT2D eigenvalue weighted by Crippen LogP contribution is 2.10. The molecule has 2 N–H and O–H groups in total. The fraction of sp³-hybridized carbons (Fsp3) is 0.133. The number of ether oxygens (including phenoxy) is 1. The Morgan fingerprint density at radius 2 is 2.05 bits per heavy atom. The monoisotopic (exact) mass is 301 g/mol. The highest BCUT2D eigenvalue weighted by atomic mass is 32.1. The minimum atomic E-state index is -0.263. The molecule has 0 aliphatic carbocycles. The normalized spacial score (nSPS) is 9.76. The lowest BCUT2D eigenvalue weighted by molar-refractivity contribution is 0.0976. The van der Waals surface area contributed by atoms with E-state index in [0.717, 1.165) is 5.56 Å². The molecular weight excluding hydrogens is 286 g/mol. The molecule has 0 unspecified atom stereocenters. The van der Waals surface area contributed by atoms with E-state index in [2.05, 4.69) is 15.6 Å². The lowest BCUT2D eigenvalue weighted by Gasteiger charge is -2.09. The molecule has 1 heterocycles. The first-order chi connectivity index (χ1) is 10.2. The molecule has 1 aromatic heterocycles. The van der Waals surface area contributed by atoms with Crippen LogP contribution < -0.4 is 15.4 Å². The number of rotatable bonds is 4. The number of methoxy groups -OCH3 is 1. The smallest absolute Gasteiger partial charge is 0.257 e. The van der Waals surface area contributed by atoms with Gasteiger partial charge in [-0.1, -0.05) is 6.07 Å². The van der Waals surface area contributed by atoms with Crippen LogP contribution in [0.1, 0.15) is 15.9 Å². The van der Waals surface area contributed by atoms with E-state index in [4.69, 9.17) is 17.0 Å². The Kier molecular flexibility index (Phi) is 5.22. The standard InChI is InChI=1S/C15H15N3O2S/c1-20-13-6-4-12(5-7-13)14(19)18-15(21)17-10-11-3-2-8-16-9-11/h2-9H,10H2,1H3,(H2,17,18,19,21). The number of hydrogen-bond acceptors (Lipinski definition) is 4. The van der Waals surface area contributed by atoms with E-state index in [1.54, 1.807) is 43.8 Å². The number of benzene rings is 1. The van der Waals surface area contributed by atoms with Crippen molar-refractivity contribution in [1.82, 2.24) is 15.6 Å². The van der Waals surface area contributed by atoms with Gasteiger partial charge in [-0.2, -0.15) is 0 Å². The van der Waals surface area contributed by atoms with Gasteiger partial charge in [-0.15, -0.1) is 0 Å². The van der Waals surface area contributed by atoms with Gasteiger partial charge in [0.1, 0.15) is 5.75 Å². The molecule has 0 radical (unpaired) electrons. The first-order valence-corrected chi connectivity index (χ1v) is 6.72. The summed E-state index contributed by atoms with van der Waals surface area (Å²) in [5.74, 6) is 0.435. The minimum absolute atomic E-state index is 0.263. The Morgan fingerprint density at radius 3 is 2.67 bits per heavy atom. The van der Waals surface area contributed by atoms with Crippen LogP contribution in [-0.2, 0) is 6.54 Å². The molecule has 2 aromatic rings. The van der Waals surface area contributed by atoms with Gasteiger partial charge in [0.25, 0.3) is 5.91 Å². The van der Waals surface area contributed by atoms with E-state index in [0.29, 0.717) is 17.9 Å². The number of nitrogens with one attached hydrogen (secondary N) is 2. The van der Waals surface area contributed by atoms with Crippen LogP contribution in [0.25, 0.3) is 0 Å². The van der Waals surface area contributed by atoms with Crippen molar-refractivity contribution in [1.29, 1.82) is 0 Å². The summed E-state index contributed by atoms with van der Waals surface area (Å²) in [6.07, 6.45) is 3.44. The second-order valence-corrected chi connectivity index (χ2v) is 4.63. The van der Waals surface area contributed by atoms with E-state index in [9.17, 15) is 4.79 Å². The molecule has 0 atom stereocenters. The molecule has 5 nitrogen and oxygen atoms in total. The molecule has 0 aliphatic rings. The summed E-state index contributed by atoms with van der Waals surface area (Å²) in [6.45, 7) is 0.509. The van der Waals surface area contributed by atoms with Gasteiger partial charge in [-0.25, -0.2) is 0 Å². The largest absolute Gasteiger partial charge is 0.497 e. The highest BCUT2D eigenvalue weighted by molar-refractivity contribution is 7.80. The lowest BCUT2D eigenvalue weighted by Crippen LogP contribution is -2.38. The number of carbonyl (C=O) groups excluding carboxylic acids is 1. The zero-order valence-corrected chi connectivity index (χ0v) is 12.3. The van der Waals surface area contributed by atoms with E-state index in [1.165, 1.54) is 0 Å². The molecule has 0 fully saturated rings. The van der Waals surface area contributed by atoms with Crippen LogP contribution in [0, 0.1) is 0 Å². The SMILES string of the molecule is COc1ccc(C(=O)NC(=S)NCc2cccnc2)cc1. The third-order valence-corrected chi connectivity index (χ3v) is 3.00. The van der Waals surface area contributed by atoms with Crippen LogP contribution in [0.15, 0.2) is 48.8 Å². The van der Waals surface area contributed by atoms with Crippen molar-refractivity contribution >= 4 is 23.2 Å². The summed E-state index contributed by atoms with van der Waals surface area (Å²) in [6, 6.07) is 10.6. The molecule has 108 valence electrons. The van der Waals surface area contributed by atoms with Crippen molar-refractivity contribution in [2.45, 2.75) is 6.54 Å². The van der Waals surface area contributed by atoms with E-state index in [-0.39, 0.29) is 11.0 Å². The number of aromatic nitrogens is 1. The van der Waals surface area contributed by atoms with Crippen LogP contribution >= 0.6 is 12.2 Å². The number of carbonyl (C=O) groups is 1. The van der Waals surface area contributed by atoms with Gasteiger partial charge in [0, 0.05) is 24.5 Å². The summed E-state index contributed by atoms with van der Waals surface area (Å²) in [7, 11) is 1.58. The molecule has 0 spiro atoms. The van der Waals surface area contributed by atoms with E-state index < -0.39 is 0 Å². The summed E-state index contributed by atoms with van der Waals surface area (Å²) >= 11 is 5.09. The Bertz CT molecular complexity index is 615. The van der Waals surface area contributed by atoms with E-state index >= 15 is 0 Å². The van der Waals surface area contributed by atoms with Crippen LogP contribution in [0.2, 0.25) is 0 Å². The van der Waals surface area contributed by atoms with Crippen molar-refractivity contribution in [2.75, 3.05) is 7.11 Å². The molecule has 0 aliphatic heterocycles. The molecule has 0 saturated carbocycles. The second kappa shape index (κ2) is 7.35. The molecule has 1 aromatic carbocycles. The molecule has 0 saturated heterocycles. The highest BCUT2D eigenvalue weighted by Gasteiger charge is 2.07. The van der Waals surface area contributed by atoms with E-state index in [1.807, 2.05) is 12.1 Å². The van der Waals surface area contributed by atoms with Crippen molar-refractivity contribution in [2.24, 2.45) is 0 Å². The summed E-state index contributed by atoms with van der Waals surface area (Å²) in [5, 5.41) is 5.86. The number of amides is 1. The number of pyridine rings is 1. The first kappa shape index (κ1) is 14.9. The zero-order valence-electron chi connectivity index (χ0n) is 11.5. The summed E-state index contributed by atoms with van der Waals surface area (Å²) in [5.41, 5.74) is 1.50. The van der Waals surface area contributed by atoms with Gasteiger partial charge in [0.05, 0.1) is 7.11 Å². The predicted octanol–water partition coefficient (Wildman–Crippen LogP) is 1.89. The first-order valence-electron chi connectivity index (χ1n) is 6.31. The maximum absolute atomic E-state index is 12.0. The zero-order chi connectivity index (χ0) is 15.1. The Morgan fingerprint density at radius 1 is 1.29 bits per heavy atom. The lowest BCUT2D eigenvalue weighted by atomic mass is 10.2. The second-order valence-electron chi connectivity index (χ2n) is 4.23. The Labute approximate surface area is 128 Å². The van der Waals surface area contributed by atoms with Crippen LogP contribution in [0.3, 0.4) is 0 Å². The molecule has 6 heteroatoms. The molecule has 2 rings (SSSR count). The van der Waals surface area contributed by atoms with Gasteiger partial charge >= 0.3 is 0 Å². The van der Waals surface area contributed by atoms with Crippen molar-refractivity contribution in [3.8, 4) is 5.75 Å². The average Bonchev–Trinajstić information content (AvgIpc) is 2.54. The van der Waals surface area contributed by atoms with Gasteiger partial charge in [0.2, 0.25) is 0 Å².